The van der Waals surface area contributed by atoms with E-state index in [0.717, 1.165) is 5.75 Å². The molecule has 1 aliphatic carbocycles. The molecule has 29 heavy (non-hydrogen) atoms. The van der Waals surface area contributed by atoms with Gasteiger partial charge in [0.25, 0.3) is 0 Å². The number of halogens is 2. The Labute approximate surface area is 208 Å². The first-order valence-electron chi connectivity index (χ1n) is 9.96. The number of rotatable bonds is 5. The van der Waals surface area contributed by atoms with Crippen LogP contribution in [0.1, 0.15) is 45.7 Å². The van der Waals surface area contributed by atoms with Gasteiger partial charge in [-0.05, 0) is 0 Å². The predicted octanol–water partition coefficient (Wildman–Crippen LogP) is 0.566. The number of fused-ring (bicyclic) bond motifs is 1. The van der Waals surface area contributed by atoms with Gasteiger partial charge in [-0.2, -0.15) is 0 Å². The van der Waals surface area contributed by atoms with E-state index in [1.165, 1.54) is 56.4 Å². The van der Waals surface area contributed by atoms with Crippen molar-refractivity contribution in [2.75, 3.05) is 0 Å². The summed E-state index contributed by atoms with van der Waals surface area (Å²) in [6.07, 6.45) is 0. The maximum Gasteiger partial charge on any atom is -1.00 e. The molecule has 161 valence electrons. The van der Waals surface area contributed by atoms with Crippen molar-refractivity contribution in [3.63, 3.8) is 0 Å². The Balaban J connectivity index is 0.00000392. The SMILES string of the molecule is CC[Si](C)(C)C(C)=C1C(NC(C)(C)C)=[C]([Zr+2])c2cccc(O[Si](C)(C)C)c21.[Cl-].[Cl-]. The Bertz CT molecular complexity index is 806. The summed E-state index contributed by atoms with van der Waals surface area (Å²) in [4.78, 5) is 0. The van der Waals surface area contributed by atoms with E-state index in [4.69, 9.17) is 4.43 Å². The monoisotopic (exact) mass is 546 g/mol. The second-order valence-electron chi connectivity index (χ2n) is 10.3. The number of hydrogen-bond donors (Lipinski definition) is 1. The molecule has 1 aromatic rings. The molecule has 0 unspecified atom stereocenters. The standard InChI is InChI=1S/C22H36NOSi2.2ClH.Zr/c1-11-26(9,10)16(2)20-18(23-22(3,4)5)15-17-13-12-14-19(21(17)20)24-25(6,7)8;;;/h12-14,23H,11H2,1-10H3;2*1H;/q;;;+2/p-2. The van der Waals surface area contributed by atoms with E-state index >= 15 is 0 Å². The maximum absolute atomic E-state index is 6.57. The number of benzene rings is 1. The summed E-state index contributed by atoms with van der Waals surface area (Å²) in [6.45, 7) is 23.3. The number of hydrogen-bond acceptors (Lipinski definition) is 2. The van der Waals surface area contributed by atoms with Gasteiger partial charge in [-0.25, -0.2) is 0 Å². The van der Waals surface area contributed by atoms with Crippen molar-refractivity contribution in [1.82, 2.24) is 5.32 Å². The minimum absolute atomic E-state index is 0. The van der Waals surface area contributed by atoms with Crippen LogP contribution in [0.25, 0.3) is 8.85 Å². The van der Waals surface area contributed by atoms with Crippen LogP contribution in [0.3, 0.4) is 0 Å². The maximum atomic E-state index is 6.57. The fraction of sp³-hybridized carbons (Fsp3) is 0.545. The smallest absolute Gasteiger partial charge is 1.00 e. The topological polar surface area (TPSA) is 21.3 Å². The van der Waals surface area contributed by atoms with Crippen molar-refractivity contribution in [1.29, 1.82) is 0 Å². The Hall–Kier alpha value is 0.197. The Kier molecular flexibility index (Phi) is 10.3. The molecule has 0 bridgehead atoms. The quantitative estimate of drug-likeness (QED) is 0.544. The van der Waals surface area contributed by atoms with Gasteiger partial charge in [0.2, 0.25) is 0 Å². The van der Waals surface area contributed by atoms with Gasteiger partial charge in [0, 0.05) is 0 Å². The van der Waals surface area contributed by atoms with Crippen LogP contribution in [0, 0.1) is 0 Å². The summed E-state index contributed by atoms with van der Waals surface area (Å²) in [7, 11) is -3.16. The molecule has 1 aromatic carbocycles. The summed E-state index contributed by atoms with van der Waals surface area (Å²) in [5.41, 5.74) is 5.51. The molecule has 0 atom stereocenters. The van der Waals surface area contributed by atoms with Crippen LogP contribution in [0.15, 0.2) is 29.1 Å². The van der Waals surface area contributed by atoms with E-state index in [-0.39, 0.29) is 30.4 Å². The molecular formula is C22H36Cl2NOSi2Zr. The molecule has 0 fully saturated rings. The molecule has 0 saturated heterocycles. The Morgan fingerprint density at radius 1 is 1.07 bits per heavy atom. The molecule has 2 rings (SSSR count). The fourth-order valence-electron chi connectivity index (χ4n) is 3.28. The van der Waals surface area contributed by atoms with E-state index in [1.54, 1.807) is 5.20 Å². The van der Waals surface area contributed by atoms with Gasteiger partial charge in [0.05, 0.1) is 0 Å². The van der Waals surface area contributed by atoms with Crippen LogP contribution in [0.4, 0.5) is 0 Å². The first-order valence-corrected chi connectivity index (χ1v) is 17.8. The minimum atomic E-state index is -1.69. The average Bonchev–Trinajstić information content (AvgIpc) is 2.77. The summed E-state index contributed by atoms with van der Waals surface area (Å²) >= 11 is 1.46. The molecule has 0 aliphatic heterocycles. The van der Waals surface area contributed by atoms with Crippen LogP contribution in [0.5, 0.6) is 5.75 Å². The third-order valence-electron chi connectivity index (χ3n) is 5.24. The van der Waals surface area contributed by atoms with Gasteiger partial charge in [0.15, 0.2) is 0 Å². The third kappa shape index (κ3) is 6.84. The molecule has 0 radical (unpaired) electrons. The molecule has 0 heterocycles. The molecule has 1 N–H and O–H groups in total. The van der Waals surface area contributed by atoms with Gasteiger partial charge < -0.3 is 24.8 Å². The minimum Gasteiger partial charge on any atom is -1.00 e. The van der Waals surface area contributed by atoms with E-state index in [9.17, 15) is 0 Å². The fourth-order valence-corrected chi connectivity index (χ4v) is 6.54. The zero-order valence-electron chi connectivity index (χ0n) is 19.6. The summed E-state index contributed by atoms with van der Waals surface area (Å²) in [5, 5.41) is 5.44. The molecule has 0 spiro atoms. The molecular weight excluding hydrogens is 513 g/mol. The van der Waals surface area contributed by atoms with E-state index in [1.807, 2.05) is 0 Å². The molecule has 0 amide bonds. The molecule has 2 nitrogen and oxygen atoms in total. The van der Waals surface area contributed by atoms with E-state index < -0.39 is 16.4 Å². The van der Waals surface area contributed by atoms with Crippen LogP contribution in [-0.2, 0) is 24.7 Å². The van der Waals surface area contributed by atoms with Crippen molar-refractivity contribution < 1.29 is 54.0 Å². The number of nitrogens with one attached hydrogen (secondary N) is 1. The second-order valence-corrected chi connectivity index (χ2v) is 21.1. The first kappa shape index (κ1) is 29.2. The van der Waals surface area contributed by atoms with Crippen LogP contribution < -0.4 is 34.6 Å². The summed E-state index contributed by atoms with van der Waals surface area (Å²) < 4.78 is 8.01. The van der Waals surface area contributed by atoms with Crippen molar-refractivity contribution >= 4 is 25.2 Å². The third-order valence-corrected chi connectivity index (χ3v) is 11.4. The molecule has 1 aliphatic rings. The van der Waals surface area contributed by atoms with Gasteiger partial charge in [-0.1, -0.05) is 0 Å². The zero-order valence-corrected chi connectivity index (χ0v) is 25.6. The van der Waals surface area contributed by atoms with Crippen LogP contribution >= 0.6 is 0 Å². The van der Waals surface area contributed by atoms with Crippen molar-refractivity contribution in [2.24, 2.45) is 0 Å². The Morgan fingerprint density at radius 2 is 1.62 bits per heavy atom. The van der Waals surface area contributed by atoms with Gasteiger partial charge in [-0.3, -0.25) is 0 Å². The van der Waals surface area contributed by atoms with Gasteiger partial charge >= 0.3 is 185 Å². The van der Waals surface area contributed by atoms with Crippen LogP contribution in [-0.4, -0.2) is 21.9 Å². The van der Waals surface area contributed by atoms with E-state index in [2.05, 4.69) is 90.9 Å². The van der Waals surface area contributed by atoms with Crippen molar-refractivity contribution in [3.05, 3.63) is 40.2 Å². The molecule has 7 heteroatoms. The second kappa shape index (κ2) is 10.2. The van der Waals surface area contributed by atoms with Crippen molar-refractivity contribution in [2.45, 2.75) is 78.9 Å². The average molecular weight is 549 g/mol. The zero-order chi connectivity index (χ0) is 20.8. The predicted molar refractivity (Wildman–Crippen MR) is 121 cm³/mol. The van der Waals surface area contributed by atoms with Gasteiger partial charge in [0.1, 0.15) is 0 Å². The largest absolute Gasteiger partial charge is 1.00 e. The summed E-state index contributed by atoms with van der Waals surface area (Å²) in [6, 6.07) is 7.87. The van der Waals surface area contributed by atoms with Gasteiger partial charge in [-0.15, -0.1) is 0 Å². The molecule has 0 aromatic heterocycles. The normalized spacial score (nSPS) is 16.0. The number of allylic oxidation sites excluding steroid dienone is 2. The van der Waals surface area contributed by atoms with Crippen molar-refractivity contribution in [3.8, 4) is 5.75 Å². The Morgan fingerprint density at radius 3 is 2.07 bits per heavy atom. The van der Waals surface area contributed by atoms with E-state index in [0.29, 0.717) is 0 Å². The van der Waals surface area contributed by atoms with Crippen LogP contribution in [0.2, 0.25) is 38.8 Å². The first-order chi connectivity index (χ1) is 12.2. The molecule has 0 saturated carbocycles. The summed E-state index contributed by atoms with van der Waals surface area (Å²) in [5.74, 6) is 1.08.